The highest BCUT2D eigenvalue weighted by molar-refractivity contribution is 9.10. The molecule has 0 radical (unpaired) electrons. The van der Waals surface area contributed by atoms with Gasteiger partial charge in [0.05, 0.1) is 10.9 Å². The summed E-state index contributed by atoms with van der Waals surface area (Å²) in [5, 5.41) is 0. The Morgan fingerprint density at radius 1 is 1.33 bits per heavy atom. The van der Waals surface area contributed by atoms with Gasteiger partial charge in [0.2, 0.25) is 15.9 Å². The highest BCUT2D eigenvalue weighted by atomic mass is 79.9. The predicted octanol–water partition coefficient (Wildman–Crippen LogP) is 1.67. The average molecular weight is 418 g/mol. The fourth-order valence-electron chi connectivity index (χ4n) is 2.86. The molecule has 0 bridgehead atoms. The van der Waals surface area contributed by atoms with Crippen molar-refractivity contribution >= 4 is 31.9 Å². The summed E-state index contributed by atoms with van der Waals surface area (Å²) in [6.07, 6.45) is 2.56. The van der Waals surface area contributed by atoms with Gasteiger partial charge in [0, 0.05) is 31.7 Å². The second-order valence-electron chi connectivity index (χ2n) is 6.13. The van der Waals surface area contributed by atoms with Gasteiger partial charge in [0.1, 0.15) is 0 Å². The van der Waals surface area contributed by atoms with Crippen molar-refractivity contribution in [2.24, 2.45) is 0 Å². The molecule has 134 valence electrons. The number of hydrogen-bond donors (Lipinski definition) is 1. The minimum Gasteiger partial charge on any atom is -0.347 e. The first-order valence-corrected chi connectivity index (χ1v) is 10.3. The number of nitrogens with one attached hydrogen (secondary N) is 1. The lowest BCUT2D eigenvalue weighted by Crippen LogP contribution is -2.43. The van der Waals surface area contributed by atoms with E-state index in [0.29, 0.717) is 19.5 Å². The number of benzene rings is 1. The van der Waals surface area contributed by atoms with E-state index in [1.165, 1.54) is 0 Å². The zero-order valence-electron chi connectivity index (χ0n) is 14.0. The Labute approximate surface area is 152 Å². The van der Waals surface area contributed by atoms with E-state index in [1.54, 1.807) is 43.3 Å². The smallest absolute Gasteiger partial charge is 0.240 e. The molecule has 1 amide bonds. The maximum Gasteiger partial charge on any atom is 0.240 e. The standard InChI is InChI=1S/C16H24BrN3O3S/c1-19(2)16(21)15-5-3-11-20(15)12-4-10-18-24(22,23)14-8-6-13(17)7-9-14/h6-9,15,18H,3-5,10-12H2,1-2H3. The number of carbonyl (C=O) groups is 1. The molecule has 8 heteroatoms. The Morgan fingerprint density at radius 2 is 2.00 bits per heavy atom. The molecule has 1 aromatic carbocycles. The van der Waals surface area contributed by atoms with Crippen molar-refractivity contribution in [2.75, 3.05) is 33.7 Å². The lowest BCUT2D eigenvalue weighted by atomic mass is 10.2. The van der Waals surface area contributed by atoms with Crippen LogP contribution in [-0.2, 0) is 14.8 Å². The zero-order valence-corrected chi connectivity index (χ0v) is 16.4. The Hall–Kier alpha value is -0.960. The van der Waals surface area contributed by atoms with Crippen molar-refractivity contribution in [3.63, 3.8) is 0 Å². The van der Waals surface area contributed by atoms with Gasteiger partial charge in [0.15, 0.2) is 0 Å². The molecule has 1 aromatic rings. The molecule has 2 rings (SSSR count). The molecule has 0 aromatic heterocycles. The molecule has 1 unspecified atom stereocenters. The van der Waals surface area contributed by atoms with Gasteiger partial charge in [-0.25, -0.2) is 13.1 Å². The molecule has 24 heavy (non-hydrogen) atoms. The van der Waals surface area contributed by atoms with E-state index in [-0.39, 0.29) is 16.8 Å². The summed E-state index contributed by atoms with van der Waals surface area (Å²) in [4.78, 5) is 16.2. The summed E-state index contributed by atoms with van der Waals surface area (Å²) in [5.74, 6) is 0.128. The number of rotatable bonds is 7. The van der Waals surface area contributed by atoms with Gasteiger partial charge in [0.25, 0.3) is 0 Å². The number of nitrogens with zero attached hydrogens (tertiary/aromatic N) is 2. The predicted molar refractivity (Wildman–Crippen MR) is 97.2 cm³/mol. The average Bonchev–Trinajstić information content (AvgIpc) is 2.99. The highest BCUT2D eigenvalue weighted by Crippen LogP contribution is 2.19. The quantitative estimate of drug-likeness (QED) is 0.684. The van der Waals surface area contributed by atoms with Crippen molar-refractivity contribution in [3.05, 3.63) is 28.7 Å². The van der Waals surface area contributed by atoms with Crippen LogP contribution in [0, 0.1) is 0 Å². The van der Waals surface area contributed by atoms with Gasteiger partial charge >= 0.3 is 0 Å². The molecule has 1 fully saturated rings. The third-order valence-electron chi connectivity index (χ3n) is 4.13. The van der Waals surface area contributed by atoms with E-state index in [2.05, 4.69) is 25.6 Å². The van der Waals surface area contributed by atoms with Gasteiger partial charge in [-0.2, -0.15) is 0 Å². The number of hydrogen-bond acceptors (Lipinski definition) is 4. The number of likely N-dealkylation sites (N-methyl/N-ethyl adjacent to an activating group) is 1. The van der Waals surface area contributed by atoms with Crippen molar-refractivity contribution in [3.8, 4) is 0 Å². The van der Waals surface area contributed by atoms with Crippen LogP contribution >= 0.6 is 15.9 Å². The fourth-order valence-corrected chi connectivity index (χ4v) is 4.20. The third kappa shape index (κ3) is 5.02. The van der Waals surface area contributed by atoms with Crippen molar-refractivity contribution < 1.29 is 13.2 Å². The first-order chi connectivity index (χ1) is 11.3. The Balaban J connectivity index is 1.82. The van der Waals surface area contributed by atoms with E-state index < -0.39 is 10.0 Å². The van der Waals surface area contributed by atoms with Gasteiger partial charge in [-0.1, -0.05) is 15.9 Å². The van der Waals surface area contributed by atoms with Crippen LogP contribution in [0.4, 0.5) is 0 Å². The highest BCUT2D eigenvalue weighted by Gasteiger charge is 2.31. The number of amides is 1. The number of halogens is 1. The van der Waals surface area contributed by atoms with Crippen LogP contribution < -0.4 is 4.72 Å². The summed E-state index contributed by atoms with van der Waals surface area (Å²) in [7, 11) is 0.0574. The van der Waals surface area contributed by atoms with Crippen molar-refractivity contribution in [1.29, 1.82) is 0 Å². The van der Waals surface area contributed by atoms with Crippen LogP contribution in [0.25, 0.3) is 0 Å². The Bertz CT molecular complexity index is 662. The normalized spacial score (nSPS) is 18.7. The first kappa shape index (κ1) is 19.4. The topological polar surface area (TPSA) is 69.7 Å². The first-order valence-electron chi connectivity index (χ1n) is 8.02. The molecular weight excluding hydrogens is 394 g/mol. The number of likely N-dealkylation sites (tertiary alicyclic amines) is 1. The largest absolute Gasteiger partial charge is 0.347 e. The summed E-state index contributed by atoms with van der Waals surface area (Å²) >= 11 is 3.29. The molecule has 0 aliphatic carbocycles. The van der Waals surface area contributed by atoms with E-state index in [0.717, 1.165) is 23.9 Å². The Morgan fingerprint density at radius 3 is 2.62 bits per heavy atom. The van der Waals surface area contributed by atoms with Crippen molar-refractivity contribution in [2.45, 2.75) is 30.2 Å². The van der Waals surface area contributed by atoms with Crippen LogP contribution in [0.5, 0.6) is 0 Å². The van der Waals surface area contributed by atoms with E-state index in [4.69, 9.17) is 0 Å². The third-order valence-corrected chi connectivity index (χ3v) is 6.13. The maximum atomic E-state index is 12.2. The van der Waals surface area contributed by atoms with E-state index in [1.807, 2.05) is 0 Å². The number of carbonyl (C=O) groups excluding carboxylic acids is 1. The Kier molecular flexibility index (Phi) is 6.79. The molecular formula is C16H24BrN3O3S. The molecule has 1 N–H and O–H groups in total. The molecule has 1 heterocycles. The molecule has 1 atom stereocenters. The SMILES string of the molecule is CN(C)C(=O)C1CCCN1CCCNS(=O)(=O)c1ccc(Br)cc1. The zero-order chi connectivity index (χ0) is 17.7. The molecule has 0 saturated carbocycles. The minimum atomic E-state index is -3.48. The van der Waals surface area contributed by atoms with Gasteiger partial charge < -0.3 is 4.90 Å². The van der Waals surface area contributed by atoms with E-state index >= 15 is 0 Å². The lowest BCUT2D eigenvalue weighted by Gasteiger charge is -2.26. The summed E-state index contributed by atoms with van der Waals surface area (Å²) in [6, 6.07) is 6.48. The molecule has 1 aliphatic rings. The van der Waals surface area contributed by atoms with Crippen LogP contribution in [-0.4, -0.2) is 63.9 Å². The lowest BCUT2D eigenvalue weighted by molar-refractivity contribution is -0.133. The second kappa shape index (κ2) is 8.42. The summed E-state index contributed by atoms with van der Waals surface area (Å²) in [6.45, 7) is 1.97. The monoisotopic (exact) mass is 417 g/mol. The van der Waals surface area contributed by atoms with Crippen LogP contribution in [0.15, 0.2) is 33.6 Å². The number of sulfonamides is 1. The van der Waals surface area contributed by atoms with Gasteiger partial charge in [-0.05, 0) is 50.1 Å². The minimum absolute atomic E-state index is 0.0666. The summed E-state index contributed by atoms with van der Waals surface area (Å²) < 4.78 is 27.9. The summed E-state index contributed by atoms with van der Waals surface area (Å²) in [5.41, 5.74) is 0. The van der Waals surface area contributed by atoms with E-state index in [9.17, 15) is 13.2 Å². The molecule has 0 spiro atoms. The van der Waals surface area contributed by atoms with Gasteiger partial charge in [-0.15, -0.1) is 0 Å². The molecule has 1 aliphatic heterocycles. The maximum absolute atomic E-state index is 12.2. The van der Waals surface area contributed by atoms with Crippen LogP contribution in [0.2, 0.25) is 0 Å². The van der Waals surface area contributed by atoms with Crippen LogP contribution in [0.1, 0.15) is 19.3 Å². The van der Waals surface area contributed by atoms with Gasteiger partial charge in [-0.3, -0.25) is 9.69 Å². The van der Waals surface area contributed by atoms with Crippen LogP contribution in [0.3, 0.4) is 0 Å². The van der Waals surface area contributed by atoms with Crippen molar-refractivity contribution in [1.82, 2.24) is 14.5 Å². The molecule has 6 nitrogen and oxygen atoms in total. The fraction of sp³-hybridized carbons (Fsp3) is 0.562. The molecule has 1 saturated heterocycles. The second-order valence-corrected chi connectivity index (χ2v) is 8.81.